The zero-order valence-electron chi connectivity index (χ0n) is 15.1. The molecule has 0 radical (unpaired) electrons. The van der Waals surface area contributed by atoms with E-state index in [-0.39, 0.29) is 35.8 Å². The fourth-order valence-corrected chi connectivity index (χ4v) is 2.98. The Morgan fingerprint density at radius 1 is 1.28 bits per heavy atom. The van der Waals surface area contributed by atoms with Crippen LogP contribution < -0.4 is 16.4 Å². The van der Waals surface area contributed by atoms with Crippen LogP contribution in [0.15, 0.2) is 29.3 Å². The molecule has 5 nitrogen and oxygen atoms in total. The summed E-state index contributed by atoms with van der Waals surface area (Å²) >= 11 is 0. The monoisotopic (exact) mass is 458 g/mol. The van der Waals surface area contributed by atoms with Gasteiger partial charge in [0.15, 0.2) is 5.96 Å². The Labute approximate surface area is 168 Å². The van der Waals surface area contributed by atoms with E-state index in [1.807, 2.05) is 24.3 Å². The van der Waals surface area contributed by atoms with Gasteiger partial charge in [-0.05, 0) is 37.0 Å². The first-order valence-electron chi connectivity index (χ1n) is 9.12. The summed E-state index contributed by atoms with van der Waals surface area (Å²) in [7, 11) is 0. The number of carbonyl (C=O) groups is 1. The largest absolute Gasteiger partial charge is 0.370 e. The molecule has 4 N–H and O–H groups in total. The molecule has 0 heterocycles. The number of unbranched alkanes of at least 4 members (excludes halogenated alkanes) is 1. The van der Waals surface area contributed by atoms with Gasteiger partial charge in [0, 0.05) is 18.2 Å². The van der Waals surface area contributed by atoms with Crippen molar-refractivity contribution in [1.82, 2.24) is 5.32 Å². The molecule has 25 heavy (non-hydrogen) atoms. The highest BCUT2D eigenvalue weighted by atomic mass is 127. The molecule has 1 aliphatic carbocycles. The molecule has 6 heteroatoms. The molecule has 0 unspecified atom stereocenters. The minimum absolute atomic E-state index is 0. The maximum atomic E-state index is 12.3. The predicted molar refractivity (Wildman–Crippen MR) is 115 cm³/mol. The number of rotatable bonds is 7. The molecular formula is C19H31IN4O. The van der Waals surface area contributed by atoms with Crippen molar-refractivity contribution in [2.24, 2.45) is 16.6 Å². The summed E-state index contributed by atoms with van der Waals surface area (Å²) < 4.78 is 0. The molecule has 1 fully saturated rings. The van der Waals surface area contributed by atoms with E-state index in [0.717, 1.165) is 56.3 Å². The minimum Gasteiger partial charge on any atom is -0.370 e. The van der Waals surface area contributed by atoms with E-state index in [0.29, 0.717) is 12.5 Å². The molecule has 1 aromatic carbocycles. The number of nitrogens with two attached hydrogens (primary N) is 1. The molecule has 0 aromatic heterocycles. The molecule has 1 aliphatic rings. The van der Waals surface area contributed by atoms with E-state index in [4.69, 9.17) is 5.73 Å². The van der Waals surface area contributed by atoms with Crippen LogP contribution in [-0.4, -0.2) is 18.4 Å². The van der Waals surface area contributed by atoms with Crippen molar-refractivity contribution in [3.05, 3.63) is 29.8 Å². The third-order valence-corrected chi connectivity index (χ3v) is 4.44. The summed E-state index contributed by atoms with van der Waals surface area (Å²) in [4.78, 5) is 16.7. The van der Waals surface area contributed by atoms with Gasteiger partial charge in [0.1, 0.15) is 0 Å². The smallest absolute Gasteiger partial charge is 0.227 e. The first-order valence-corrected chi connectivity index (χ1v) is 9.12. The molecule has 2 rings (SSSR count). The van der Waals surface area contributed by atoms with Crippen LogP contribution in [0.5, 0.6) is 0 Å². The maximum Gasteiger partial charge on any atom is 0.227 e. The third-order valence-electron chi connectivity index (χ3n) is 4.44. The van der Waals surface area contributed by atoms with Crippen LogP contribution in [-0.2, 0) is 11.3 Å². The van der Waals surface area contributed by atoms with E-state index in [1.54, 1.807) is 0 Å². The van der Waals surface area contributed by atoms with Crippen LogP contribution in [0.1, 0.15) is 57.4 Å². The van der Waals surface area contributed by atoms with E-state index < -0.39 is 0 Å². The van der Waals surface area contributed by atoms with Crippen LogP contribution in [0.3, 0.4) is 0 Å². The minimum atomic E-state index is 0. The van der Waals surface area contributed by atoms with Gasteiger partial charge in [-0.15, -0.1) is 24.0 Å². The molecule has 1 aromatic rings. The lowest BCUT2D eigenvalue weighted by molar-refractivity contribution is -0.120. The zero-order valence-corrected chi connectivity index (χ0v) is 17.4. The normalized spacial score (nSPS) is 15.3. The molecule has 0 saturated heterocycles. The molecule has 0 aliphatic heterocycles. The summed E-state index contributed by atoms with van der Waals surface area (Å²) in [5.41, 5.74) is 7.73. The van der Waals surface area contributed by atoms with Crippen molar-refractivity contribution in [3.63, 3.8) is 0 Å². The molecule has 1 saturated carbocycles. The van der Waals surface area contributed by atoms with Crippen molar-refractivity contribution < 1.29 is 4.79 Å². The SMILES string of the molecule is CCCCNC(N)=NCc1cccc(NC(=O)C2CCCCC2)c1.I. The van der Waals surface area contributed by atoms with Gasteiger partial charge in [0.2, 0.25) is 5.91 Å². The number of hydrogen-bond acceptors (Lipinski definition) is 2. The average molecular weight is 458 g/mol. The van der Waals surface area contributed by atoms with Crippen molar-refractivity contribution in [1.29, 1.82) is 0 Å². The number of hydrogen-bond donors (Lipinski definition) is 3. The highest BCUT2D eigenvalue weighted by Gasteiger charge is 2.20. The van der Waals surface area contributed by atoms with Gasteiger partial charge in [-0.1, -0.05) is 44.7 Å². The lowest BCUT2D eigenvalue weighted by Gasteiger charge is -2.20. The Bertz CT molecular complexity index is 556. The van der Waals surface area contributed by atoms with E-state index >= 15 is 0 Å². The number of aliphatic imine (C=N–C) groups is 1. The number of nitrogens with one attached hydrogen (secondary N) is 2. The van der Waals surface area contributed by atoms with Gasteiger partial charge in [-0.3, -0.25) is 4.79 Å². The van der Waals surface area contributed by atoms with Gasteiger partial charge in [-0.2, -0.15) is 0 Å². The predicted octanol–water partition coefficient (Wildman–Crippen LogP) is 4.03. The zero-order chi connectivity index (χ0) is 17.2. The van der Waals surface area contributed by atoms with E-state index in [9.17, 15) is 4.79 Å². The second-order valence-electron chi connectivity index (χ2n) is 6.51. The fourth-order valence-electron chi connectivity index (χ4n) is 2.98. The van der Waals surface area contributed by atoms with Gasteiger partial charge in [-0.25, -0.2) is 4.99 Å². The maximum absolute atomic E-state index is 12.3. The molecule has 0 spiro atoms. The number of carbonyl (C=O) groups excluding carboxylic acids is 1. The van der Waals surface area contributed by atoms with Crippen LogP contribution in [0.4, 0.5) is 5.69 Å². The van der Waals surface area contributed by atoms with Gasteiger partial charge >= 0.3 is 0 Å². The highest BCUT2D eigenvalue weighted by Crippen LogP contribution is 2.25. The number of halogens is 1. The number of anilines is 1. The molecular weight excluding hydrogens is 427 g/mol. The summed E-state index contributed by atoms with van der Waals surface area (Å²) in [6, 6.07) is 7.85. The van der Waals surface area contributed by atoms with E-state index in [2.05, 4.69) is 22.5 Å². The van der Waals surface area contributed by atoms with Crippen LogP contribution in [0, 0.1) is 5.92 Å². The number of guanidine groups is 1. The average Bonchev–Trinajstić information content (AvgIpc) is 2.61. The second-order valence-corrected chi connectivity index (χ2v) is 6.51. The van der Waals surface area contributed by atoms with Crippen molar-refractivity contribution >= 4 is 41.5 Å². The van der Waals surface area contributed by atoms with Crippen molar-refractivity contribution in [2.45, 2.75) is 58.4 Å². The summed E-state index contributed by atoms with van der Waals surface area (Å²) in [5, 5.41) is 6.15. The second kappa shape index (κ2) is 12.1. The quantitative estimate of drug-likeness (QED) is 0.250. The van der Waals surface area contributed by atoms with Gasteiger partial charge < -0.3 is 16.4 Å². The topological polar surface area (TPSA) is 79.5 Å². The van der Waals surface area contributed by atoms with Crippen LogP contribution in [0.2, 0.25) is 0 Å². The first-order chi connectivity index (χ1) is 11.7. The highest BCUT2D eigenvalue weighted by molar-refractivity contribution is 14.0. The summed E-state index contributed by atoms with van der Waals surface area (Å²) in [6.45, 7) is 3.50. The molecule has 140 valence electrons. The molecule has 0 bridgehead atoms. The lowest BCUT2D eigenvalue weighted by Crippen LogP contribution is -2.32. The Morgan fingerprint density at radius 2 is 2.04 bits per heavy atom. The Hall–Kier alpha value is -1.31. The number of nitrogens with zero attached hydrogens (tertiary/aromatic N) is 1. The number of benzene rings is 1. The Balaban J connectivity index is 0.00000312. The van der Waals surface area contributed by atoms with Crippen molar-refractivity contribution in [3.8, 4) is 0 Å². The van der Waals surface area contributed by atoms with Crippen LogP contribution >= 0.6 is 24.0 Å². The van der Waals surface area contributed by atoms with Crippen molar-refractivity contribution in [2.75, 3.05) is 11.9 Å². The lowest BCUT2D eigenvalue weighted by atomic mass is 9.88. The summed E-state index contributed by atoms with van der Waals surface area (Å²) in [5.74, 6) is 0.787. The van der Waals surface area contributed by atoms with Gasteiger partial charge in [0.25, 0.3) is 0 Å². The Morgan fingerprint density at radius 3 is 2.76 bits per heavy atom. The molecule has 1 amide bonds. The van der Waals surface area contributed by atoms with Gasteiger partial charge in [0.05, 0.1) is 6.54 Å². The number of amides is 1. The Kier molecular flexibility index (Phi) is 10.5. The molecule has 0 atom stereocenters. The first kappa shape index (κ1) is 21.7. The van der Waals surface area contributed by atoms with E-state index in [1.165, 1.54) is 6.42 Å². The van der Waals surface area contributed by atoms with Crippen LogP contribution in [0.25, 0.3) is 0 Å². The fraction of sp³-hybridized carbons (Fsp3) is 0.579. The summed E-state index contributed by atoms with van der Waals surface area (Å²) in [6.07, 6.45) is 7.81. The standard InChI is InChI=1S/C19H30N4O.HI/c1-2-3-12-21-19(20)22-14-15-8-7-11-17(13-15)23-18(24)16-9-5-4-6-10-16;/h7-8,11,13,16H,2-6,9-10,12,14H2,1H3,(H,23,24)(H3,20,21,22);1H. The third kappa shape index (κ3) is 8.07.